The normalized spacial score (nSPS) is 28.7. The molecule has 5 atom stereocenters. The van der Waals surface area contributed by atoms with E-state index in [1.165, 1.54) is 25.0 Å². The first-order valence-corrected chi connectivity index (χ1v) is 13.1. The summed E-state index contributed by atoms with van der Waals surface area (Å²) >= 11 is 0. The highest BCUT2D eigenvalue weighted by molar-refractivity contribution is 5.78. The quantitative estimate of drug-likeness (QED) is 0.270. The minimum atomic E-state index is -0.313. The van der Waals surface area contributed by atoms with Crippen LogP contribution in [0.25, 0.3) is 12.2 Å². The van der Waals surface area contributed by atoms with Gasteiger partial charge in [0.1, 0.15) is 17.6 Å². The molecule has 2 fully saturated rings. The molecule has 0 aromatic heterocycles. The lowest BCUT2D eigenvalue weighted by Gasteiger charge is -2.50. The van der Waals surface area contributed by atoms with Crippen molar-refractivity contribution in [3.05, 3.63) is 58.7 Å². The van der Waals surface area contributed by atoms with Crippen LogP contribution in [0.2, 0.25) is 0 Å². The molecule has 0 bridgehead atoms. The van der Waals surface area contributed by atoms with Crippen molar-refractivity contribution in [1.29, 1.82) is 0 Å². The summed E-state index contributed by atoms with van der Waals surface area (Å²) < 4.78 is 17.0. The maximum atomic E-state index is 11.9. The van der Waals surface area contributed by atoms with E-state index in [2.05, 4.69) is 19.1 Å². The van der Waals surface area contributed by atoms with E-state index in [0.717, 1.165) is 55.4 Å². The van der Waals surface area contributed by atoms with Crippen molar-refractivity contribution in [3.8, 4) is 11.5 Å². The molecule has 2 saturated carbocycles. The first-order valence-electron chi connectivity index (χ1n) is 13.1. The fraction of sp³-hybridized carbons (Fsp3) is 0.484. The summed E-state index contributed by atoms with van der Waals surface area (Å²) in [5, 5.41) is 0. The van der Waals surface area contributed by atoms with Gasteiger partial charge >= 0.3 is 11.9 Å². The van der Waals surface area contributed by atoms with Crippen LogP contribution in [0.5, 0.6) is 11.5 Å². The Hall–Kier alpha value is -3.08. The van der Waals surface area contributed by atoms with E-state index in [-0.39, 0.29) is 23.5 Å². The van der Waals surface area contributed by atoms with E-state index in [1.54, 1.807) is 7.11 Å². The first-order chi connectivity index (χ1) is 17.3. The number of esters is 2. The van der Waals surface area contributed by atoms with Gasteiger partial charge in [0, 0.05) is 30.4 Å². The van der Waals surface area contributed by atoms with E-state index >= 15 is 0 Å². The predicted octanol–water partition coefficient (Wildman–Crippen LogP) is 6.58. The van der Waals surface area contributed by atoms with Gasteiger partial charge in [-0.05, 0) is 85.6 Å². The van der Waals surface area contributed by atoms with Gasteiger partial charge in [0.25, 0.3) is 0 Å². The second kappa shape index (κ2) is 9.76. The second-order valence-electron chi connectivity index (χ2n) is 10.9. The minimum absolute atomic E-state index is 0.0352. The number of benzene rings is 2. The highest BCUT2D eigenvalue weighted by atomic mass is 16.5. The van der Waals surface area contributed by atoms with Crippen LogP contribution < -0.4 is 9.47 Å². The molecule has 5 heteroatoms. The van der Waals surface area contributed by atoms with Crippen LogP contribution in [0, 0.1) is 17.3 Å². The molecule has 0 aliphatic heterocycles. The monoisotopic (exact) mass is 488 g/mol. The summed E-state index contributed by atoms with van der Waals surface area (Å²) in [5.74, 6) is 2.57. The standard InChI is InChI=1S/C31H36O5/c1-19(32)35-29-18-22-11-12-25-24(15-16-31(3)27(25)13-14-30(31)36-20(2)33)26(22)17-23(29)10-9-21-7-5-6-8-28(21)34-4/h5-10,17-18,24-25,27,30H,11-16H2,1-4H3/b10-9-/t24-,25+,27-,30-,31-/m0/s1. The van der Waals surface area contributed by atoms with Gasteiger partial charge in [-0.1, -0.05) is 37.3 Å². The zero-order valence-corrected chi connectivity index (χ0v) is 21.7. The maximum absolute atomic E-state index is 11.9. The van der Waals surface area contributed by atoms with E-state index in [9.17, 15) is 9.59 Å². The minimum Gasteiger partial charge on any atom is -0.496 e. The molecule has 0 N–H and O–H groups in total. The average molecular weight is 489 g/mol. The summed E-state index contributed by atoms with van der Waals surface area (Å²) in [5.41, 5.74) is 4.63. The van der Waals surface area contributed by atoms with Crippen LogP contribution >= 0.6 is 0 Å². The predicted molar refractivity (Wildman–Crippen MR) is 140 cm³/mol. The van der Waals surface area contributed by atoms with E-state index < -0.39 is 0 Å². The van der Waals surface area contributed by atoms with Crippen molar-refractivity contribution in [1.82, 2.24) is 0 Å². The number of methoxy groups -OCH3 is 1. The lowest BCUT2D eigenvalue weighted by atomic mass is 9.55. The van der Waals surface area contributed by atoms with Crippen LogP contribution in [-0.4, -0.2) is 25.2 Å². The molecule has 3 aliphatic carbocycles. The third-order valence-corrected chi connectivity index (χ3v) is 8.91. The summed E-state index contributed by atoms with van der Waals surface area (Å²) in [6.07, 6.45) is 10.4. The molecule has 0 saturated heterocycles. The Labute approximate surface area is 213 Å². The molecular weight excluding hydrogens is 452 g/mol. The Bertz CT molecular complexity index is 1200. The maximum Gasteiger partial charge on any atom is 0.308 e. The third-order valence-electron chi connectivity index (χ3n) is 8.91. The number of aryl methyl sites for hydroxylation is 1. The van der Waals surface area contributed by atoms with Gasteiger partial charge in [0.2, 0.25) is 0 Å². The van der Waals surface area contributed by atoms with Crippen LogP contribution in [-0.2, 0) is 20.7 Å². The summed E-state index contributed by atoms with van der Waals surface area (Å²) in [7, 11) is 1.67. The largest absolute Gasteiger partial charge is 0.496 e. The van der Waals surface area contributed by atoms with Crippen molar-refractivity contribution in [2.24, 2.45) is 17.3 Å². The first kappa shape index (κ1) is 24.6. The molecule has 0 radical (unpaired) electrons. The Balaban J connectivity index is 1.49. The lowest BCUT2D eigenvalue weighted by molar-refractivity contribution is -0.154. The van der Waals surface area contributed by atoms with Crippen molar-refractivity contribution in [2.45, 2.75) is 71.3 Å². The number of hydrogen-bond donors (Lipinski definition) is 0. The fourth-order valence-corrected chi connectivity index (χ4v) is 7.32. The Morgan fingerprint density at radius 2 is 1.72 bits per heavy atom. The molecule has 5 nitrogen and oxygen atoms in total. The number of carbonyl (C=O) groups is 2. The van der Waals surface area contributed by atoms with Gasteiger partial charge in [0.15, 0.2) is 0 Å². The Morgan fingerprint density at radius 3 is 2.47 bits per heavy atom. The number of carbonyl (C=O) groups excluding carboxylic acids is 2. The Kier molecular flexibility index (Phi) is 6.67. The highest BCUT2D eigenvalue weighted by Gasteiger charge is 2.56. The molecule has 5 rings (SSSR count). The van der Waals surface area contributed by atoms with Crippen LogP contribution in [0.4, 0.5) is 0 Å². The van der Waals surface area contributed by atoms with Gasteiger partial charge in [-0.15, -0.1) is 0 Å². The molecule has 36 heavy (non-hydrogen) atoms. The third kappa shape index (κ3) is 4.44. The van der Waals surface area contributed by atoms with Crippen LogP contribution in [0.1, 0.15) is 81.0 Å². The molecule has 190 valence electrons. The van der Waals surface area contributed by atoms with Gasteiger partial charge in [-0.3, -0.25) is 9.59 Å². The fourth-order valence-electron chi connectivity index (χ4n) is 7.32. The van der Waals surface area contributed by atoms with Crippen molar-refractivity contribution < 1.29 is 23.8 Å². The number of rotatable bonds is 5. The number of hydrogen-bond acceptors (Lipinski definition) is 5. The summed E-state index contributed by atoms with van der Waals surface area (Å²) in [4.78, 5) is 23.6. The average Bonchev–Trinajstić information content (AvgIpc) is 3.17. The number of para-hydroxylation sites is 1. The van der Waals surface area contributed by atoms with Gasteiger partial charge in [0.05, 0.1) is 7.11 Å². The molecule has 3 aliphatic rings. The molecule has 0 unspecified atom stereocenters. The van der Waals surface area contributed by atoms with Crippen LogP contribution in [0.3, 0.4) is 0 Å². The van der Waals surface area contributed by atoms with E-state index in [1.807, 2.05) is 36.4 Å². The smallest absolute Gasteiger partial charge is 0.308 e. The van der Waals surface area contributed by atoms with Crippen LogP contribution in [0.15, 0.2) is 36.4 Å². The molecule has 2 aromatic carbocycles. The highest BCUT2D eigenvalue weighted by Crippen LogP contribution is 2.61. The Morgan fingerprint density at radius 1 is 0.944 bits per heavy atom. The van der Waals surface area contributed by atoms with E-state index in [0.29, 0.717) is 23.5 Å². The summed E-state index contributed by atoms with van der Waals surface area (Å²) in [6, 6.07) is 12.2. The zero-order valence-electron chi connectivity index (χ0n) is 21.7. The number of fused-ring (bicyclic) bond motifs is 5. The second-order valence-corrected chi connectivity index (χ2v) is 10.9. The molecular formula is C31H36O5. The van der Waals surface area contributed by atoms with Gasteiger partial charge < -0.3 is 14.2 Å². The topological polar surface area (TPSA) is 61.8 Å². The van der Waals surface area contributed by atoms with Crippen molar-refractivity contribution >= 4 is 24.1 Å². The molecule has 0 spiro atoms. The number of ether oxygens (including phenoxy) is 3. The van der Waals surface area contributed by atoms with Crippen molar-refractivity contribution in [3.63, 3.8) is 0 Å². The molecule has 0 heterocycles. The molecule has 0 amide bonds. The van der Waals surface area contributed by atoms with Crippen molar-refractivity contribution in [2.75, 3.05) is 7.11 Å². The van der Waals surface area contributed by atoms with Gasteiger partial charge in [-0.2, -0.15) is 0 Å². The van der Waals surface area contributed by atoms with Gasteiger partial charge in [-0.25, -0.2) is 0 Å². The summed E-state index contributed by atoms with van der Waals surface area (Å²) in [6.45, 7) is 5.32. The molecule has 2 aromatic rings. The SMILES string of the molecule is COc1ccccc1/C=C\c1cc2c(cc1OC(C)=O)CC[C@@H]1[C@@H]2CC[C@]2(C)[C@@H](OC(C)=O)CC[C@@H]12. The zero-order chi connectivity index (χ0) is 25.4. The van der Waals surface area contributed by atoms with E-state index in [4.69, 9.17) is 14.2 Å². The lowest BCUT2D eigenvalue weighted by Crippen LogP contribution is -2.45.